The fourth-order valence-electron chi connectivity index (χ4n) is 8.48. The maximum absolute atomic E-state index is 9.07. The Morgan fingerprint density at radius 1 is 0.509 bits per heavy atom. The zero-order valence-electron chi connectivity index (χ0n) is 33.9. The van der Waals surface area contributed by atoms with Crippen LogP contribution in [0.4, 0.5) is 0 Å². The highest BCUT2D eigenvalue weighted by Gasteiger charge is 2.35. The van der Waals surface area contributed by atoms with Crippen LogP contribution in [-0.4, -0.2) is 24.1 Å². The number of hydrogen-bond acceptors (Lipinski definition) is 3. The van der Waals surface area contributed by atoms with E-state index < -0.39 is 6.04 Å². The van der Waals surface area contributed by atoms with Gasteiger partial charge >= 0.3 is 0 Å². The Hall–Kier alpha value is -6.85. The first kappa shape index (κ1) is 25.2. The molecule has 250 valence electrons. The number of nitrogens with zero attached hydrogens (tertiary/aromatic N) is 5. The molecular formula is C48H33N5. The summed E-state index contributed by atoms with van der Waals surface area (Å²) < 4.78 is 47.6. The lowest BCUT2D eigenvalue weighted by atomic mass is 9.82. The summed E-state index contributed by atoms with van der Waals surface area (Å²) in [7, 11) is 0. The van der Waals surface area contributed by atoms with Crippen molar-refractivity contribution in [2.45, 2.75) is 19.3 Å². The average Bonchev–Trinajstić information content (AvgIpc) is 3.85. The number of benzene rings is 7. The van der Waals surface area contributed by atoms with Crippen molar-refractivity contribution in [2.75, 3.05) is 0 Å². The molecular weight excluding hydrogens is 647 g/mol. The van der Waals surface area contributed by atoms with Crippen LogP contribution in [0.1, 0.15) is 31.8 Å². The van der Waals surface area contributed by atoms with Gasteiger partial charge in [-0.2, -0.15) is 9.97 Å². The average molecular weight is 685 g/mol. The first-order valence-electron chi connectivity index (χ1n) is 20.2. The molecule has 1 aliphatic rings. The largest absolute Gasteiger partial charge is 0.309 e. The molecule has 5 heteroatoms. The fraction of sp³-hybridized carbons (Fsp3) is 0.0625. The summed E-state index contributed by atoms with van der Waals surface area (Å²) in [5, 5.41) is 3.54. The monoisotopic (exact) mass is 684 g/mol. The van der Waals surface area contributed by atoms with E-state index >= 15 is 0 Å². The summed E-state index contributed by atoms with van der Waals surface area (Å²) in [4.78, 5) is 15.5. The lowest BCUT2D eigenvalue weighted by Crippen LogP contribution is -2.14. The summed E-state index contributed by atoms with van der Waals surface area (Å²) in [6, 6.07) is 43.2. The van der Waals surface area contributed by atoms with Crippen LogP contribution >= 0.6 is 0 Å². The highest BCUT2D eigenvalue weighted by atomic mass is 15.2. The molecule has 0 aliphatic heterocycles. The third-order valence-corrected chi connectivity index (χ3v) is 10.9. The Balaban J connectivity index is 1.24. The van der Waals surface area contributed by atoms with Gasteiger partial charge in [0.1, 0.15) is 0 Å². The predicted octanol–water partition coefficient (Wildman–Crippen LogP) is 11.7. The van der Waals surface area contributed by atoms with Gasteiger partial charge in [-0.15, -0.1) is 0 Å². The smallest absolute Gasteiger partial charge is 0.238 e. The van der Waals surface area contributed by atoms with Gasteiger partial charge < -0.3 is 4.57 Å². The molecule has 11 rings (SSSR count). The van der Waals surface area contributed by atoms with E-state index in [0.717, 1.165) is 54.7 Å². The van der Waals surface area contributed by atoms with Gasteiger partial charge in [-0.25, -0.2) is 4.98 Å². The number of hydrogen-bond donors (Lipinski definition) is 0. The van der Waals surface area contributed by atoms with Crippen LogP contribution in [0.5, 0.6) is 0 Å². The molecule has 0 saturated heterocycles. The molecule has 0 atom stereocenters. The zero-order valence-corrected chi connectivity index (χ0v) is 28.9. The van der Waals surface area contributed by atoms with Gasteiger partial charge in [0.25, 0.3) is 0 Å². The van der Waals surface area contributed by atoms with Crippen molar-refractivity contribution in [2.24, 2.45) is 0 Å². The van der Waals surface area contributed by atoms with Crippen LogP contribution in [0.3, 0.4) is 0 Å². The lowest BCUT2D eigenvalue weighted by Gasteiger charge is -2.21. The van der Waals surface area contributed by atoms with Crippen molar-refractivity contribution < 1.29 is 6.85 Å². The van der Waals surface area contributed by atoms with Gasteiger partial charge in [0, 0.05) is 43.8 Å². The highest BCUT2D eigenvalue weighted by Crippen LogP contribution is 2.49. The Kier molecular flexibility index (Phi) is 5.26. The third kappa shape index (κ3) is 4.28. The van der Waals surface area contributed by atoms with Crippen molar-refractivity contribution in [1.29, 1.82) is 0 Å². The van der Waals surface area contributed by atoms with E-state index in [2.05, 4.69) is 73.0 Å². The summed E-state index contributed by atoms with van der Waals surface area (Å²) >= 11 is 0. The molecule has 5 nitrogen and oxygen atoms in total. The molecule has 7 aromatic carbocycles. The Morgan fingerprint density at radius 3 is 1.98 bits per heavy atom. The molecule has 0 bridgehead atoms. The second-order valence-electron chi connectivity index (χ2n) is 14.1. The van der Waals surface area contributed by atoms with E-state index in [0.29, 0.717) is 17.6 Å². The van der Waals surface area contributed by atoms with E-state index in [1.54, 1.807) is 0 Å². The maximum Gasteiger partial charge on any atom is 0.238 e. The quantitative estimate of drug-likeness (QED) is 0.185. The SMILES string of the molecule is [2H]c1c([2H])c([2H])c(-n2c3ccccc3c3ccc4c(c5ccccc5n4-c4nc(-c5ccccc5)nc(-c5ccc6c(c5)-c5ccccc5C6(C)C)n4)c32)c([2H])c1[2H]. The first-order valence-corrected chi connectivity index (χ1v) is 17.7. The van der Waals surface area contributed by atoms with E-state index in [1.165, 1.54) is 22.3 Å². The van der Waals surface area contributed by atoms with Crippen molar-refractivity contribution in [3.63, 3.8) is 0 Å². The Labute approximate surface area is 313 Å². The molecule has 0 unspecified atom stereocenters. The molecule has 0 saturated carbocycles. The summed E-state index contributed by atoms with van der Waals surface area (Å²) in [6.45, 7) is 4.53. The summed E-state index contributed by atoms with van der Waals surface area (Å²) in [5.41, 5.74) is 9.71. The minimum atomic E-state index is -0.433. The number of fused-ring (bicyclic) bond motifs is 10. The van der Waals surface area contributed by atoms with Gasteiger partial charge in [0.15, 0.2) is 11.6 Å². The van der Waals surface area contributed by atoms with E-state index in [9.17, 15) is 0 Å². The number of rotatable bonds is 4. The van der Waals surface area contributed by atoms with Crippen LogP contribution in [-0.2, 0) is 5.41 Å². The molecule has 0 N–H and O–H groups in total. The molecule has 3 aromatic heterocycles. The molecule has 0 radical (unpaired) electrons. The second kappa shape index (κ2) is 11.1. The van der Waals surface area contributed by atoms with Gasteiger partial charge in [-0.3, -0.25) is 4.57 Å². The van der Waals surface area contributed by atoms with Gasteiger partial charge in [0.05, 0.1) is 28.9 Å². The Bertz CT molecular complexity index is 3360. The topological polar surface area (TPSA) is 48.5 Å². The Morgan fingerprint density at radius 2 is 1.17 bits per heavy atom. The highest BCUT2D eigenvalue weighted by molar-refractivity contribution is 6.26. The van der Waals surface area contributed by atoms with E-state index in [4.69, 9.17) is 21.8 Å². The van der Waals surface area contributed by atoms with Gasteiger partial charge in [0.2, 0.25) is 5.95 Å². The van der Waals surface area contributed by atoms with Gasteiger partial charge in [-0.05, 0) is 58.6 Å². The molecule has 1 aliphatic carbocycles. The van der Waals surface area contributed by atoms with Gasteiger partial charge in [-0.1, -0.05) is 141 Å². The lowest BCUT2D eigenvalue weighted by molar-refractivity contribution is 0.660. The van der Waals surface area contributed by atoms with Crippen molar-refractivity contribution in [3.8, 4) is 45.5 Å². The summed E-state index contributed by atoms with van der Waals surface area (Å²) in [5.74, 6) is 1.50. The maximum atomic E-state index is 9.07. The van der Waals surface area contributed by atoms with Crippen molar-refractivity contribution in [3.05, 3.63) is 175 Å². The molecule has 0 spiro atoms. The zero-order chi connectivity index (χ0) is 39.6. The summed E-state index contributed by atoms with van der Waals surface area (Å²) in [6.07, 6.45) is 0. The van der Waals surface area contributed by atoms with Crippen LogP contribution in [0.2, 0.25) is 0 Å². The minimum Gasteiger partial charge on any atom is -0.309 e. The third-order valence-electron chi connectivity index (χ3n) is 10.9. The molecule has 0 amide bonds. The minimum absolute atomic E-state index is 0.0942. The van der Waals surface area contributed by atoms with E-state index in [-0.39, 0.29) is 35.3 Å². The normalized spacial score (nSPS) is 14.6. The van der Waals surface area contributed by atoms with Crippen LogP contribution in [0.25, 0.3) is 89.2 Å². The van der Waals surface area contributed by atoms with Crippen molar-refractivity contribution in [1.82, 2.24) is 24.1 Å². The van der Waals surface area contributed by atoms with Crippen LogP contribution in [0, 0.1) is 0 Å². The number of para-hydroxylation sites is 3. The standard InChI is InChI=1S/C48H33N5/c1-48(2)38-22-12-9-19-33(38)37-29-31(25-27-39(37)48)46-49-45(30-15-5-3-6-16-30)50-47(51-46)53-41-24-14-11-21-36(41)43-42(53)28-26-35-34-20-10-13-23-40(34)52(44(35)43)32-17-7-4-8-18-32/h3-29H,1-2H3/i4D,7D,8D,17D,18D. The predicted molar refractivity (Wildman–Crippen MR) is 217 cm³/mol. The van der Waals surface area contributed by atoms with Crippen molar-refractivity contribution >= 4 is 43.6 Å². The van der Waals surface area contributed by atoms with Crippen LogP contribution in [0.15, 0.2) is 164 Å². The number of aromatic nitrogens is 5. The van der Waals surface area contributed by atoms with E-state index in [1.807, 2.05) is 83.4 Å². The first-order chi connectivity index (χ1) is 28.1. The fourth-order valence-corrected chi connectivity index (χ4v) is 8.48. The molecule has 0 fully saturated rings. The van der Waals surface area contributed by atoms with Crippen LogP contribution < -0.4 is 0 Å². The molecule has 10 aromatic rings. The molecule has 3 heterocycles. The molecule has 53 heavy (non-hydrogen) atoms. The second-order valence-corrected chi connectivity index (χ2v) is 14.1.